The van der Waals surface area contributed by atoms with Gasteiger partial charge in [0.1, 0.15) is 0 Å². The number of nitrogens with two attached hydrogens (primary N) is 1. The monoisotopic (exact) mass is 195 g/mol. The molecule has 0 saturated heterocycles. The maximum absolute atomic E-state index is 11.6. The molecular formula is C12H21NO. The Morgan fingerprint density at radius 3 is 2.36 bits per heavy atom. The minimum atomic E-state index is -0.207. The summed E-state index contributed by atoms with van der Waals surface area (Å²) in [5, 5.41) is 0. The zero-order valence-corrected chi connectivity index (χ0v) is 9.31. The number of carbonyl (C=O) groups is 1. The predicted octanol–water partition coefficient (Wildman–Crippen LogP) is 2.57. The van der Waals surface area contributed by atoms with Gasteiger partial charge in [0.2, 0.25) is 0 Å². The van der Waals surface area contributed by atoms with Crippen molar-refractivity contribution >= 4 is 5.78 Å². The summed E-state index contributed by atoms with van der Waals surface area (Å²) in [6.07, 6.45) is 7.89. The van der Waals surface area contributed by atoms with Crippen LogP contribution in [0.4, 0.5) is 0 Å². The van der Waals surface area contributed by atoms with Crippen molar-refractivity contribution < 1.29 is 4.79 Å². The molecule has 0 aromatic carbocycles. The highest BCUT2D eigenvalue weighted by Gasteiger charge is 2.28. The Morgan fingerprint density at radius 2 is 1.86 bits per heavy atom. The Hall–Kier alpha value is -0.630. The first-order valence-electron chi connectivity index (χ1n) is 5.48. The van der Waals surface area contributed by atoms with E-state index in [1.807, 2.05) is 13.8 Å². The van der Waals surface area contributed by atoms with Gasteiger partial charge >= 0.3 is 0 Å². The van der Waals surface area contributed by atoms with Crippen LogP contribution in [0.15, 0.2) is 11.6 Å². The zero-order valence-electron chi connectivity index (χ0n) is 9.31. The quantitative estimate of drug-likeness (QED) is 0.703. The lowest BCUT2D eigenvalue weighted by Gasteiger charge is -2.32. The van der Waals surface area contributed by atoms with Crippen LogP contribution < -0.4 is 5.73 Å². The average Bonchev–Trinajstić information content (AvgIpc) is 2.02. The van der Waals surface area contributed by atoms with E-state index in [0.29, 0.717) is 6.42 Å². The fourth-order valence-electron chi connectivity index (χ4n) is 2.15. The molecule has 0 atom stereocenters. The lowest BCUT2D eigenvalue weighted by Crippen LogP contribution is -2.43. The van der Waals surface area contributed by atoms with E-state index in [0.717, 1.165) is 18.4 Å². The molecule has 0 bridgehead atoms. The van der Waals surface area contributed by atoms with Crippen molar-refractivity contribution in [1.82, 2.24) is 0 Å². The fourth-order valence-corrected chi connectivity index (χ4v) is 2.15. The van der Waals surface area contributed by atoms with Gasteiger partial charge in [0.05, 0.1) is 0 Å². The molecule has 0 amide bonds. The predicted molar refractivity (Wildman–Crippen MR) is 59.1 cm³/mol. The van der Waals surface area contributed by atoms with Crippen molar-refractivity contribution in [3.8, 4) is 0 Å². The molecular weight excluding hydrogens is 174 g/mol. The number of hydrogen-bond donors (Lipinski definition) is 1. The highest BCUT2D eigenvalue weighted by Crippen LogP contribution is 2.28. The van der Waals surface area contributed by atoms with Crippen LogP contribution in [-0.4, -0.2) is 11.3 Å². The molecule has 1 aliphatic rings. The van der Waals surface area contributed by atoms with Gasteiger partial charge < -0.3 is 5.73 Å². The van der Waals surface area contributed by atoms with Crippen LogP contribution in [0.5, 0.6) is 0 Å². The van der Waals surface area contributed by atoms with Gasteiger partial charge in [-0.05, 0) is 32.8 Å². The summed E-state index contributed by atoms with van der Waals surface area (Å²) < 4.78 is 0. The average molecular weight is 195 g/mol. The third-order valence-corrected chi connectivity index (χ3v) is 2.83. The number of carbonyl (C=O) groups excluding carboxylic acids is 1. The molecule has 0 aromatic heterocycles. The van der Waals surface area contributed by atoms with Crippen LogP contribution in [0.2, 0.25) is 0 Å². The van der Waals surface area contributed by atoms with Gasteiger partial charge in [-0.1, -0.05) is 24.8 Å². The van der Waals surface area contributed by atoms with Crippen molar-refractivity contribution in [1.29, 1.82) is 0 Å². The number of hydrogen-bond acceptors (Lipinski definition) is 2. The molecule has 80 valence electrons. The second kappa shape index (κ2) is 4.74. The number of allylic oxidation sites excluding steroid dienone is 2. The van der Waals surface area contributed by atoms with Crippen molar-refractivity contribution in [2.45, 2.75) is 57.9 Å². The summed E-state index contributed by atoms with van der Waals surface area (Å²) in [5.41, 5.74) is 7.04. The molecule has 2 nitrogen and oxygen atoms in total. The lowest BCUT2D eigenvalue weighted by molar-refractivity contribution is -0.116. The van der Waals surface area contributed by atoms with Gasteiger partial charge in [-0.3, -0.25) is 4.79 Å². The fraction of sp³-hybridized carbons (Fsp3) is 0.750. The zero-order chi connectivity index (χ0) is 10.6. The van der Waals surface area contributed by atoms with E-state index in [2.05, 4.69) is 0 Å². The molecule has 2 N–H and O–H groups in total. The Morgan fingerprint density at radius 1 is 1.29 bits per heavy atom. The van der Waals surface area contributed by atoms with Crippen LogP contribution in [0.1, 0.15) is 52.4 Å². The Bertz CT molecular complexity index is 233. The molecule has 0 spiro atoms. The van der Waals surface area contributed by atoms with Gasteiger partial charge in [-0.2, -0.15) is 0 Å². The third kappa shape index (κ3) is 3.62. The van der Waals surface area contributed by atoms with Crippen LogP contribution in [-0.2, 0) is 4.79 Å². The molecule has 14 heavy (non-hydrogen) atoms. The largest absolute Gasteiger partial charge is 0.325 e. The first-order chi connectivity index (χ1) is 6.52. The molecule has 2 heteroatoms. The minimum Gasteiger partial charge on any atom is -0.325 e. The van der Waals surface area contributed by atoms with E-state index in [-0.39, 0.29) is 11.3 Å². The van der Waals surface area contributed by atoms with Crippen molar-refractivity contribution in [2.75, 3.05) is 0 Å². The summed E-state index contributed by atoms with van der Waals surface area (Å²) in [5.74, 6) is 0.189. The standard InChI is InChI=1S/C12H21NO/c1-10(2)8-11(14)9-12(13)6-4-3-5-7-12/h8H,3-7,9,13H2,1-2H3. The summed E-state index contributed by atoms with van der Waals surface area (Å²) in [4.78, 5) is 11.6. The first kappa shape index (κ1) is 11.4. The third-order valence-electron chi connectivity index (χ3n) is 2.83. The molecule has 1 rings (SSSR count). The van der Waals surface area contributed by atoms with Gasteiger partial charge in [-0.25, -0.2) is 0 Å². The van der Waals surface area contributed by atoms with Gasteiger partial charge in [0.25, 0.3) is 0 Å². The normalized spacial score (nSPS) is 20.2. The minimum absolute atomic E-state index is 0.189. The SMILES string of the molecule is CC(C)=CC(=O)CC1(N)CCCCC1. The molecule has 1 saturated carbocycles. The molecule has 1 aliphatic carbocycles. The van der Waals surface area contributed by atoms with Crippen molar-refractivity contribution in [3.63, 3.8) is 0 Å². The second-order valence-corrected chi connectivity index (χ2v) is 4.79. The van der Waals surface area contributed by atoms with E-state index in [9.17, 15) is 4.79 Å². The summed E-state index contributed by atoms with van der Waals surface area (Å²) in [6, 6.07) is 0. The van der Waals surface area contributed by atoms with Crippen molar-refractivity contribution in [3.05, 3.63) is 11.6 Å². The smallest absolute Gasteiger partial charge is 0.157 e. The van der Waals surface area contributed by atoms with Crippen molar-refractivity contribution in [2.24, 2.45) is 5.73 Å². The molecule has 0 radical (unpaired) electrons. The van der Waals surface area contributed by atoms with E-state index < -0.39 is 0 Å². The summed E-state index contributed by atoms with van der Waals surface area (Å²) >= 11 is 0. The molecule has 0 unspecified atom stereocenters. The first-order valence-corrected chi connectivity index (χ1v) is 5.48. The molecule has 0 heterocycles. The Labute approximate surface area is 86.6 Å². The van der Waals surface area contributed by atoms with Crippen LogP contribution in [0.25, 0.3) is 0 Å². The topological polar surface area (TPSA) is 43.1 Å². The van der Waals surface area contributed by atoms with E-state index in [1.165, 1.54) is 19.3 Å². The molecule has 0 aromatic rings. The van der Waals surface area contributed by atoms with Gasteiger partial charge in [0.15, 0.2) is 5.78 Å². The van der Waals surface area contributed by atoms with E-state index >= 15 is 0 Å². The van der Waals surface area contributed by atoms with Gasteiger partial charge in [0, 0.05) is 12.0 Å². The van der Waals surface area contributed by atoms with Crippen LogP contribution in [0, 0.1) is 0 Å². The van der Waals surface area contributed by atoms with E-state index in [1.54, 1.807) is 6.08 Å². The Balaban J connectivity index is 2.49. The maximum atomic E-state index is 11.6. The highest BCUT2D eigenvalue weighted by molar-refractivity contribution is 5.91. The summed E-state index contributed by atoms with van der Waals surface area (Å²) in [7, 11) is 0. The molecule has 1 fully saturated rings. The van der Waals surface area contributed by atoms with Crippen LogP contribution in [0.3, 0.4) is 0 Å². The summed E-state index contributed by atoms with van der Waals surface area (Å²) in [6.45, 7) is 3.89. The number of ketones is 1. The van der Waals surface area contributed by atoms with Gasteiger partial charge in [-0.15, -0.1) is 0 Å². The Kier molecular flexibility index (Phi) is 3.87. The number of rotatable bonds is 3. The lowest BCUT2D eigenvalue weighted by atomic mass is 9.79. The van der Waals surface area contributed by atoms with Crippen LogP contribution >= 0.6 is 0 Å². The maximum Gasteiger partial charge on any atom is 0.157 e. The second-order valence-electron chi connectivity index (χ2n) is 4.79. The highest BCUT2D eigenvalue weighted by atomic mass is 16.1. The molecule has 0 aliphatic heterocycles. The van der Waals surface area contributed by atoms with E-state index in [4.69, 9.17) is 5.73 Å².